The molecule has 2 fully saturated rings. The number of aryl methyl sites for hydroxylation is 1. The fourth-order valence-corrected chi connectivity index (χ4v) is 4.66. The van der Waals surface area contributed by atoms with Gasteiger partial charge in [-0.1, -0.05) is 18.2 Å². The van der Waals surface area contributed by atoms with E-state index in [1.54, 1.807) is 0 Å². The van der Waals surface area contributed by atoms with Crippen LogP contribution in [0.2, 0.25) is 0 Å². The van der Waals surface area contributed by atoms with Crippen LogP contribution in [0.15, 0.2) is 42.5 Å². The summed E-state index contributed by atoms with van der Waals surface area (Å²) in [5.74, 6) is -1.82. The zero-order valence-corrected chi connectivity index (χ0v) is 19.0. The number of anilines is 1. The molecular weight excluding hydrogens is 430 g/mol. The van der Waals surface area contributed by atoms with Crippen molar-refractivity contribution in [2.45, 2.75) is 31.0 Å². The fraction of sp³-hybridized carbons (Fsp3) is 0.520. The normalized spacial score (nSPS) is 23.8. The molecule has 0 aromatic heterocycles. The molecule has 0 bridgehead atoms. The molecule has 180 valence electrons. The van der Waals surface area contributed by atoms with Crippen molar-refractivity contribution in [2.75, 3.05) is 57.4 Å². The standard InChI is InChI=1S/C25H32F2N2O4/c1-19-4-2-3-5-23(19)29-10-8-24(30,9-11-29)15-28-12-13-32-17-25(31,16-28)18-33-20-6-7-21(26)22(27)14-20/h2-7,14,30-31H,8-13,15-18H2,1H3. The first-order valence-corrected chi connectivity index (χ1v) is 11.4. The number of hydrogen-bond acceptors (Lipinski definition) is 6. The van der Waals surface area contributed by atoms with Gasteiger partial charge in [-0.25, -0.2) is 8.78 Å². The first kappa shape index (κ1) is 23.9. The van der Waals surface area contributed by atoms with Crippen molar-refractivity contribution in [1.82, 2.24) is 4.90 Å². The molecule has 2 aliphatic heterocycles. The summed E-state index contributed by atoms with van der Waals surface area (Å²) in [7, 11) is 0. The van der Waals surface area contributed by atoms with Crippen molar-refractivity contribution in [3.05, 3.63) is 59.7 Å². The van der Waals surface area contributed by atoms with E-state index >= 15 is 0 Å². The van der Waals surface area contributed by atoms with E-state index in [0.717, 1.165) is 25.2 Å². The highest BCUT2D eigenvalue weighted by Gasteiger charge is 2.39. The third-order valence-corrected chi connectivity index (χ3v) is 6.51. The van der Waals surface area contributed by atoms with Crippen LogP contribution in [0, 0.1) is 18.6 Å². The average molecular weight is 463 g/mol. The molecule has 0 aliphatic carbocycles. The minimum Gasteiger partial charge on any atom is -0.490 e. The van der Waals surface area contributed by atoms with Gasteiger partial charge < -0.3 is 24.6 Å². The first-order valence-electron chi connectivity index (χ1n) is 11.4. The summed E-state index contributed by atoms with van der Waals surface area (Å²) in [4.78, 5) is 4.31. The summed E-state index contributed by atoms with van der Waals surface area (Å²) in [5.41, 5.74) is 0.232. The summed E-state index contributed by atoms with van der Waals surface area (Å²) in [5, 5.41) is 22.4. The number of β-amino-alcohol motifs (C(OH)–C–C–N with tert-alkyl or cyclic N) is 2. The van der Waals surface area contributed by atoms with Crippen molar-refractivity contribution >= 4 is 5.69 Å². The molecule has 2 saturated heterocycles. The summed E-state index contributed by atoms with van der Waals surface area (Å²) >= 11 is 0. The van der Waals surface area contributed by atoms with Crippen LogP contribution in [0.25, 0.3) is 0 Å². The molecular formula is C25H32F2N2O4. The predicted molar refractivity (Wildman–Crippen MR) is 122 cm³/mol. The number of para-hydroxylation sites is 1. The zero-order chi connectivity index (χ0) is 23.5. The van der Waals surface area contributed by atoms with Gasteiger partial charge in [0.05, 0.1) is 18.8 Å². The van der Waals surface area contributed by atoms with Gasteiger partial charge >= 0.3 is 0 Å². The fourth-order valence-electron chi connectivity index (χ4n) is 4.66. The lowest BCUT2D eigenvalue weighted by atomic mass is 9.89. The maximum atomic E-state index is 13.4. The Balaban J connectivity index is 1.34. The van der Waals surface area contributed by atoms with Gasteiger partial charge in [0.2, 0.25) is 0 Å². The zero-order valence-electron chi connectivity index (χ0n) is 19.0. The van der Waals surface area contributed by atoms with Crippen LogP contribution in [0.5, 0.6) is 5.75 Å². The Morgan fingerprint density at radius 1 is 1.00 bits per heavy atom. The predicted octanol–water partition coefficient (Wildman–Crippen LogP) is 2.75. The van der Waals surface area contributed by atoms with Gasteiger partial charge in [-0.05, 0) is 43.5 Å². The van der Waals surface area contributed by atoms with Crippen LogP contribution in [-0.2, 0) is 4.74 Å². The van der Waals surface area contributed by atoms with Crippen LogP contribution < -0.4 is 9.64 Å². The molecule has 1 atom stereocenters. The van der Waals surface area contributed by atoms with E-state index in [2.05, 4.69) is 24.0 Å². The number of halogens is 2. The molecule has 0 radical (unpaired) electrons. The molecule has 4 rings (SSSR count). The first-order chi connectivity index (χ1) is 15.8. The van der Waals surface area contributed by atoms with E-state index in [-0.39, 0.29) is 25.5 Å². The topological polar surface area (TPSA) is 65.4 Å². The molecule has 8 heteroatoms. The highest BCUT2D eigenvalue weighted by atomic mass is 19.2. The van der Waals surface area contributed by atoms with Crippen molar-refractivity contribution in [3.63, 3.8) is 0 Å². The van der Waals surface area contributed by atoms with E-state index in [9.17, 15) is 19.0 Å². The highest BCUT2D eigenvalue weighted by molar-refractivity contribution is 5.53. The Hall–Kier alpha value is -2.26. The molecule has 0 amide bonds. The minimum absolute atomic E-state index is 0.0622. The summed E-state index contributed by atoms with van der Waals surface area (Å²) < 4.78 is 37.7. The molecule has 1 unspecified atom stereocenters. The largest absolute Gasteiger partial charge is 0.490 e. The number of aliphatic hydroxyl groups is 2. The van der Waals surface area contributed by atoms with Crippen LogP contribution in [-0.4, -0.2) is 78.9 Å². The quantitative estimate of drug-likeness (QED) is 0.689. The maximum absolute atomic E-state index is 13.4. The second kappa shape index (κ2) is 9.93. The van der Waals surface area contributed by atoms with Crippen molar-refractivity contribution < 1.29 is 28.5 Å². The Labute approximate surface area is 193 Å². The van der Waals surface area contributed by atoms with Gasteiger partial charge in [0.15, 0.2) is 11.6 Å². The third kappa shape index (κ3) is 6.00. The van der Waals surface area contributed by atoms with Crippen molar-refractivity contribution in [1.29, 1.82) is 0 Å². The molecule has 2 aromatic carbocycles. The molecule has 0 saturated carbocycles. The third-order valence-electron chi connectivity index (χ3n) is 6.51. The Morgan fingerprint density at radius 3 is 2.48 bits per heavy atom. The SMILES string of the molecule is Cc1ccccc1N1CCC(O)(CN2CCOCC(O)(COc3ccc(F)c(F)c3)C2)CC1. The average Bonchev–Trinajstić information content (AvgIpc) is 2.97. The van der Waals surface area contributed by atoms with Crippen LogP contribution in [0.3, 0.4) is 0 Å². The van der Waals surface area contributed by atoms with E-state index in [1.165, 1.54) is 17.3 Å². The van der Waals surface area contributed by atoms with E-state index in [1.807, 2.05) is 17.0 Å². The smallest absolute Gasteiger partial charge is 0.162 e. The van der Waals surface area contributed by atoms with Crippen LogP contribution in [0.4, 0.5) is 14.5 Å². The Kier molecular flexibility index (Phi) is 7.19. The van der Waals surface area contributed by atoms with Crippen LogP contribution in [0.1, 0.15) is 18.4 Å². The van der Waals surface area contributed by atoms with Crippen LogP contribution >= 0.6 is 0 Å². The molecule has 33 heavy (non-hydrogen) atoms. The number of piperidine rings is 1. The van der Waals surface area contributed by atoms with Gasteiger partial charge in [-0.3, -0.25) is 4.90 Å². The molecule has 2 aliphatic rings. The number of ether oxygens (including phenoxy) is 2. The summed E-state index contributed by atoms with van der Waals surface area (Å²) in [6, 6.07) is 11.5. The van der Waals surface area contributed by atoms with Gasteiger partial charge in [-0.15, -0.1) is 0 Å². The van der Waals surface area contributed by atoms with Gasteiger partial charge in [-0.2, -0.15) is 0 Å². The number of benzene rings is 2. The Bertz CT molecular complexity index is 952. The Morgan fingerprint density at radius 2 is 1.76 bits per heavy atom. The van der Waals surface area contributed by atoms with Gasteiger partial charge in [0, 0.05) is 44.5 Å². The lowest BCUT2D eigenvalue weighted by Crippen LogP contribution is -2.55. The molecule has 2 heterocycles. The molecule has 2 N–H and O–H groups in total. The maximum Gasteiger partial charge on any atom is 0.162 e. The number of nitrogens with zero attached hydrogens (tertiary/aromatic N) is 2. The van der Waals surface area contributed by atoms with Crippen molar-refractivity contribution in [2.24, 2.45) is 0 Å². The minimum atomic E-state index is -1.33. The van der Waals surface area contributed by atoms with Crippen molar-refractivity contribution in [3.8, 4) is 5.75 Å². The second-order valence-electron chi connectivity index (χ2n) is 9.35. The summed E-state index contributed by atoms with van der Waals surface area (Å²) in [6.07, 6.45) is 1.25. The number of hydrogen-bond donors (Lipinski definition) is 2. The second-order valence-corrected chi connectivity index (χ2v) is 9.35. The molecule has 0 spiro atoms. The van der Waals surface area contributed by atoms with E-state index < -0.39 is 22.8 Å². The molecule has 2 aromatic rings. The monoisotopic (exact) mass is 462 g/mol. The molecule has 6 nitrogen and oxygen atoms in total. The number of rotatable bonds is 6. The summed E-state index contributed by atoms with van der Waals surface area (Å²) in [6.45, 7) is 5.23. The van der Waals surface area contributed by atoms with E-state index in [4.69, 9.17) is 9.47 Å². The lowest BCUT2D eigenvalue weighted by molar-refractivity contribution is -0.0743. The van der Waals surface area contributed by atoms with Gasteiger partial charge in [0.1, 0.15) is 18.0 Å². The lowest BCUT2D eigenvalue weighted by Gasteiger charge is -2.42. The van der Waals surface area contributed by atoms with E-state index in [0.29, 0.717) is 32.5 Å². The van der Waals surface area contributed by atoms with Gasteiger partial charge in [0.25, 0.3) is 0 Å². The highest BCUT2D eigenvalue weighted by Crippen LogP contribution is 2.30.